The van der Waals surface area contributed by atoms with Crippen molar-refractivity contribution in [2.75, 3.05) is 32.7 Å². The molecule has 1 fully saturated rings. The molecule has 3 rings (SSSR count). The van der Waals surface area contributed by atoms with Crippen molar-refractivity contribution in [3.63, 3.8) is 0 Å². The Bertz CT molecular complexity index is 594. The second-order valence-electron chi connectivity index (χ2n) is 5.96. The van der Waals surface area contributed by atoms with Crippen molar-refractivity contribution in [1.29, 1.82) is 0 Å². The van der Waals surface area contributed by atoms with Crippen LogP contribution in [0.25, 0.3) is 0 Å². The third kappa shape index (κ3) is 4.37. The number of rotatable bonds is 6. The van der Waals surface area contributed by atoms with Crippen LogP contribution in [0.1, 0.15) is 30.3 Å². The Labute approximate surface area is 136 Å². The summed E-state index contributed by atoms with van der Waals surface area (Å²) >= 11 is 0. The zero-order valence-corrected chi connectivity index (χ0v) is 13.6. The third-order valence-corrected chi connectivity index (χ3v) is 4.27. The van der Waals surface area contributed by atoms with Gasteiger partial charge in [0.25, 0.3) is 0 Å². The predicted octanol–water partition coefficient (Wildman–Crippen LogP) is 1.48. The highest BCUT2D eigenvalue weighted by molar-refractivity contribution is 5.17. The van der Waals surface area contributed by atoms with E-state index >= 15 is 0 Å². The summed E-state index contributed by atoms with van der Waals surface area (Å²) in [6, 6.07) is 9.84. The maximum atomic E-state index is 10.3. The Kier molecular flexibility index (Phi) is 5.38. The molecule has 2 heterocycles. The molecule has 1 aromatic heterocycles. The zero-order valence-electron chi connectivity index (χ0n) is 13.6. The van der Waals surface area contributed by atoms with Gasteiger partial charge < -0.3 is 9.63 Å². The molecule has 124 valence electrons. The largest absolute Gasteiger partial charge is 0.387 e. The Morgan fingerprint density at radius 3 is 2.48 bits per heavy atom. The van der Waals surface area contributed by atoms with Crippen LogP contribution >= 0.6 is 0 Å². The predicted molar refractivity (Wildman–Crippen MR) is 86.8 cm³/mol. The minimum atomic E-state index is -0.425. The first kappa shape index (κ1) is 16.1. The molecule has 1 N–H and O–H groups in total. The third-order valence-electron chi connectivity index (χ3n) is 4.27. The fraction of sp³-hybridized carbons (Fsp3) is 0.529. The van der Waals surface area contributed by atoms with Gasteiger partial charge in [0.05, 0.1) is 12.6 Å². The van der Waals surface area contributed by atoms with Crippen LogP contribution in [0.3, 0.4) is 0 Å². The molecule has 0 aliphatic carbocycles. The van der Waals surface area contributed by atoms with E-state index < -0.39 is 6.10 Å². The van der Waals surface area contributed by atoms with Crippen molar-refractivity contribution < 1.29 is 9.63 Å². The number of aryl methyl sites for hydroxylation is 1. The van der Waals surface area contributed by atoms with E-state index in [2.05, 4.69) is 19.9 Å². The maximum absolute atomic E-state index is 10.3. The van der Waals surface area contributed by atoms with Gasteiger partial charge in [-0.15, -0.1) is 0 Å². The topological polar surface area (TPSA) is 65.6 Å². The summed E-state index contributed by atoms with van der Waals surface area (Å²) in [6.45, 7) is 7.19. The van der Waals surface area contributed by atoms with E-state index in [1.807, 2.05) is 37.3 Å². The minimum Gasteiger partial charge on any atom is -0.387 e. The number of piperazine rings is 1. The summed E-state index contributed by atoms with van der Waals surface area (Å²) in [5.41, 5.74) is 0.980. The fourth-order valence-electron chi connectivity index (χ4n) is 2.84. The summed E-state index contributed by atoms with van der Waals surface area (Å²) in [5, 5.41) is 14.2. The van der Waals surface area contributed by atoms with E-state index in [1.54, 1.807) is 0 Å². The smallest absolute Gasteiger partial charge is 0.240 e. The van der Waals surface area contributed by atoms with Crippen LogP contribution < -0.4 is 0 Å². The molecule has 6 nitrogen and oxygen atoms in total. The van der Waals surface area contributed by atoms with Gasteiger partial charge in [0.15, 0.2) is 5.82 Å². The second kappa shape index (κ2) is 7.68. The van der Waals surface area contributed by atoms with Crippen LogP contribution in [0.2, 0.25) is 0 Å². The average Bonchev–Trinajstić information content (AvgIpc) is 3.05. The first-order chi connectivity index (χ1) is 11.2. The lowest BCUT2D eigenvalue weighted by Crippen LogP contribution is -2.47. The van der Waals surface area contributed by atoms with Crippen molar-refractivity contribution >= 4 is 0 Å². The minimum absolute atomic E-state index is 0.425. The molecule has 0 bridgehead atoms. The Morgan fingerprint density at radius 2 is 1.83 bits per heavy atom. The van der Waals surface area contributed by atoms with Crippen LogP contribution in [-0.4, -0.2) is 57.8 Å². The molecule has 0 radical (unpaired) electrons. The van der Waals surface area contributed by atoms with Crippen molar-refractivity contribution in [1.82, 2.24) is 19.9 Å². The number of β-amino-alcohol motifs (C(OH)–C–C–N with tert-alkyl or cyclic N) is 1. The monoisotopic (exact) mass is 316 g/mol. The van der Waals surface area contributed by atoms with Gasteiger partial charge in [-0.05, 0) is 5.56 Å². The molecule has 0 saturated carbocycles. The Hall–Kier alpha value is -1.76. The summed E-state index contributed by atoms with van der Waals surface area (Å²) in [7, 11) is 0. The van der Waals surface area contributed by atoms with Gasteiger partial charge in [0.2, 0.25) is 5.89 Å². The van der Waals surface area contributed by atoms with E-state index in [9.17, 15) is 5.11 Å². The SMILES string of the molecule is CCc1noc(CN2CCN(CC(O)c3ccccc3)CC2)n1. The number of hydrogen-bond acceptors (Lipinski definition) is 6. The molecule has 1 aliphatic heterocycles. The van der Waals surface area contributed by atoms with Gasteiger partial charge in [-0.3, -0.25) is 9.80 Å². The molecule has 1 aromatic carbocycles. The number of aliphatic hydroxyl groups is 1. The van der Waals surface area contributed by atoms with Crippen molar-refractivity contribution in [2.45, 2.75) is 26.0 Å². The van der Waals surface area contributed by atoms with Crippen LogP contribution in [0.4, 0.5) is 0 Å². The lowest BCUT2D eigenvalue weighted by molar-refractivity contribution is 0.0663. The molecule has 1 unspecified atom stereocenters. The summed E-state index contributed by atoms with van der Waals surface area (Å²) in [4.78, 5) is 8.98. The zero-order chi connectivity index (χ0) is 16.1. The highest BCUT2D eigenvalue weighted by atomic mass is 16.5. The van der Waals surface area contributed by atoms with Crippen LogP contribution in [-0.2, 0) is 13.0 Å². The summed E-state index contributed by atoms with van der Waals surface area (Å²) in [5.74, 6) is 1.46. The van der Waals surface area contributed by atoms with Gasteiger partial charge >= 0.3 is 0 Å². The van der Waals surface area contributed by atoms with Crippen molar-refractivity contribution in [2.24, 2.45) is 0 Å². The van der Waals surface area contributed by atoms with E-state index in [4.69, 9.17) is 4.52 Å². The fourth-order valence-corrected chi connectivity index (χ4v) is 2.84. The van der Waals surface area contributed by atoms with E-state index in [0.29, 0.717) is 19.0 Å². The first-order valence-electron chi connectivity index (χ1n) is 8.23. The lowest BCUT2D eigenvalue weighted by atomic mass is 10.1. The number of nitrogens with zero attached hydrogens (tertiary/aromatic N) is 4. The number of benzene rings is 1. The highest BCUT2D eigenvalue weighted by Crippen LogP contribution is 2.15. The van der Waals surface area contributed by atoms with Crippen LogP contribution in [0, 0.1) is 0 Å². The molecule has 23 heavy (non-hydrogen) atoms. The molecule has 0 spiro atoms. The number of aromatic nitrogens is 2. The highest BCUT2D eigenvalue weighted by Gasteiger charge is 2.21. The summed E-state index contributed by atoms with van der Waals surface area (Å²) in [6.07, 6.45) is 0.375. The van der Waals surface area contributed by atoms with Gasteiger partial charge in [0.1, 0.15) is 0 Å². The molecule has 0 amide bonds. The molecule has 1 atom stereocenters. The Morgan fingerprint density at radius 1 is 1.13 bits per heavy atom. The van der Waals surface area contributed by atoms with Crippen LogP contribution in [0.15, 0.2) is 34.9 Å². The van der Waals surface area contributed by atoms with E-state index in [1.165, 1.54) is 0 Å². The standard InChI is InChI=1S/C17H24N4O2/c1-2-16-18-17(23-19-16)13-21-10-8-20(9-11-21)12-15(22)14-6-4-3-5-7-14/h3-7,15,22H,2,8-13H2,1H3. The quantitative estimate of drug-likeness (QED) is 0.871. The van der Waals surface area contributed by atoms with Crippen LogP contribution in [0.5, 0.6) is 0 Å². The molecule has 1 saturated heterocycles. The molecular weight excluding hydrogens is 292 g/mol. The average molecular weight is 316 g/mol. The molecule has 2 aromatic rings. The number of aliphatic hydroxyl groups excluding tert-OH is 1. The number of hydrogen-bond donors (Lipinski definition) is 1. The van der Waals surface area contributed by atoms with Gasteiger partial charge in [-0.25, -0.2) is 0 Å². The molecule has 6 heteroatoms. The summed E-state index contributed by atoms with van der Waals surface area (Å²) < 4.78 is 5.25. The first-order valence-corrected chi connectivity index (χ1v) is 8.23. The van der Waals surface area contributed by atoms with E-state index in [0.717, 1.165) is 44.0 Å². The van der Waals surface area contributed by atoms with Gasteiger partial charge in [-0.1, -0.05) is 42.4 Å². The Balaban J connectivity index is 1.45. The molecule has 1 aliphatic rings. The van der Waals surface area contributed by atoms with Crippen molar-refractivity contribution in [3.05, 3.63) is 47.6 Å². The van der Waals surface area contributed by atoms with E-state index in [-0.39, 0.29) is 0 Å². The second-order valence-corrected chi connectivity index (χ2v) is 5.96. The normalized spacial score (nSPS) is 18.2. The van der Waals surface area contributed by atoms with Crippen molar-refractivity contribution in [3.8, 4) is 0 Å². The van der Waals surface area contributed by atoms with Gasteiger partial charge in [0, 0.05) is 39.1 Å². The molecular formula is C17H24N4O2. The maximum Gasteiger partial charge on any atom is 0.240 e. The lowest BCUT2D eigenvalue weighted by Gasteiger charge is -2.34. The van der Waals surface area contributed by atoms with Gasteiger partial charge in [-0.2, -0.15) is 4.98 Å².